The second-order valence-electron chi connectivity index (χ2n) is 5.14. The van der Waals surface area contributed by atoms with Crippen molar-refractivity contribution in [1.29, 1.82) is 0 Å². The summed E-state index contributed by atoms with van der Waals surface area (Å²) in [7, 11) is 0. The molecular formula is C15H21NO2. The molecule has 1 unspecified atom stereocenters. The minimum absolute atomic E-state index is 0.0281. The first kappa shape index (κ1) is 13.1. The van der Waals surface area contributed by atoms with Gasteiger partial charge in [0.05, 0.1) is 5.92 Å². The lowest BCUT2D eigenvalue weighted by Crippen LogP contribution is -2.29. The van der Waals surface area contributed by atoms with Crippen molar-refractivity contribution in [3.63, 3.8) is 0 Å². The van der Waals surface area contributed by atoms with Crippen LogP contribution in [0.3, 0.4) is 0 Å². The van der Waals surface area contributed by atoms with Gasteiger partial charge in [0.15, 0.2) is 0 Å². The minimum atomic E-state index is -0.0523. The zero-order chi connectivity index (χ0) is 13.0. The van der Waals surface area contributed by atoms with Crippen molar-refractivity contribution in [2.24, 2.45) is 5.92 Å². The Morgan fingerprint density at radius 3 is 2.67 bits per heavy atom. The third-order valence-corrected chi connectivity index (χ3v) is 3.11. The molecule has 0 aromatic heterocycles. The normalized spacial score (nSPS) is 16.3. The number of hydrogen-bond acceptors (Lipinski definition) is 3. The predicted octanol–water partition coefficient (Wildman–Crippen LogP) is 2.43. The van der Waals surface area contributed by atoms with E-state index < -0.39 is 0 Å². The maximum atomic E-state index is 11.4. The maximum absolute atomic E-state index is 11.4. The lowest BCUT2D eigenvalue weighted by Gasteiger charge is -2.14. The topological polar surface area (TPSA) is 38.3 Å². The Hall–Kier alpha value is -1.35. The molecule has 18 heavy (non-hydrogen) atoms. The lowest BCUT2D eigenvalue weighted by atomic mass is 10.1. The molecule has 1 aromatic rings. The van der Waals surface area contributed by atoms with Gasteiger partial charge in [0.2, 0.25) is 0 Å². The van der Waals surface area contributed by atoms with E-state index in [1.165, 1.54) is 11.1 Å². The molecule has 0 bridgehead atoms. The van der Waals surface area contributed by atoms with Gasteiger partial charge < -0.3 is 10.1 Å². The van der Waals surface area contributed by atoms with Gasteiger partial charge in [-0.1, -0.05) is 29.8 Å². The van der Waals surface area contributed by atoms with Crippen molar-refractivity contribution < 1.29 is 9.53 Å². The standard InChI is InChI=1S/C15H21NO2/c1-11-3-5-13(6-4-11)10-16-9-12(2)18-15(17)14-7-8-14/h3-6,12,14,16H,7-10H2,1-2H3. The Morgan fingerprint density at radius 1 is 1.39 bits per heavy atom. The van der Waals surface area contributed by atoms with Crippen LogP contribution in [0.25, 0.3) is 0 Å². The summed E-state index contributed by atoms with van der Waals surface area (Å²) in [6.07, 6.45) is 1.95. The number of nitrogens with one attached hydrogen (secondary N) is 1. The van der Waals surface area contributed by atoms with Crippen LogP contribution in [0, 0.1) is 12.8 Å². The number of rotatable bonds is 6. The smallest absolute Gasteiger partial charge is 0.309 e. The predicted molar refractivity (Wildman–Crippen MR) is 71.2 cm³/mol. The molecule has 1 aliphatic rings. The van der Waals surface area contributed by atoms with Crippen LogP contribution in [-0.2, 0) is 16.1 Å². The highest BCUT2D eigenvalue weighted by Gasteiger charge is 2.32. The minimum Gasteiger partial charge on any atom is -0.461 e. The molecule has 0 radical (unpaired) electrons. The van der Waals surface area contributed by atoms with Gasteiger partial charge in [-0.05, 0) is 32.3 Å². The molecule has 0 spiro atoms. The number of ether oxygens (including phenoxy) is 1. The second-order valence-corrected chi connectivity index (χ2v) is 5.14. The average Bonchev–Trinajstić information content (AvgIpc) is 3.15. The van der Waals surface area contributed by atoms with Crippen LogP contribution < -0.4 is 5.32 Å². The van der Waals surface area contributed by atoms with Crippen LogP contribution >= 0.6 is 0 Å². The van der Waals surface area contributed by atoms with Crippen molar-refractivity contribution in [1.82, 2.24) is 5.32 Å². The van der Waals surface area contributed by atoms with E-state index in [0.29, 0.717) is 6.54 Å². The monoisotopic (exact) mass is 247 g/mol. The molecule has 3 nitrogen and oxygen atoms in total. The Labute approximate surface area is 109 Å². The number of esters is 1. The third-order valence-electron chi connectivity index (χ3n) is 3.11. The van der Waals surface area contributed by atoms with Gasteiger partial charge in [0, 0.05) is 13.1 Å². The van der Waals surface area contributed by atoms with E-state index in [4.69, 9.17) is 4.74 Å². The molecule has 2 rings (SSSR count). The van der Waals surface area contributed by atoms with Crippen LogP contribution in [0.5, 0.6) is 0 Å². The SMILES string of the molecule is Cc1ccc(CNCC(C)OC(=O)C2CC2)cc1. The molecule has 0 amide bonds. The van der Waals surface area contributed by atoms with Crippen LogP contribution in [0.4, 0.5) is 0 Å². The first-order chi connectivity index (χ1) is 8.65. The summed E-state index contributed by atoms with van der Waals surface area (Å²) in [4.78, 5) is 11.4. The van der Waals surface area contributed by atoms with Crippen LogP contribution in [-0.4, -0.2) is 18.6 Å². The molecule has 1 N–H and O–H groups in total. The van der Waals surface area contributed by atoms with Gasteiger partial charge in [-0.3, -0.25) is 4.79 Å². The Bertz CT molecular complexity index is 395. The van der Waals surface area contributed by atoms with Gasteiger partial charge in [0.1, 0.15) is 6.10 Å². The third kappa shape index (κ3) is 4.15. The fourth-order valence-electron chi connectivity index (χ4n) is 1.78. The first-order valence-electron chi connectivity index (χ1n) is 6.62. The van der Waals surface area contributed by atoms with E-state index in [-0.39, 0.29) is 18.0 Å². The summed E-state index contributed by atoms with van der Waals surface area (Å²) in [5.74, 6) is 0.157. The highest BCUT2D eigenvalue weighted by atomic mass is 16.5. The number of benzene rings is 1. The summed E-state index contributed by atoms with van der Waals surface area (Å²) < 4.78 is 5.33. The molecule has 3 heteroatoms. The fraction of sp³-hybridized carbons (Fsp3) is 0.533. The van der Waals surface area contributed by atoms with Crippen molar-refractivity contribution in [3.05, 3.63) is 35.4 Å². The molecule has 0 aliphatic heterocycles. The molecule has 1 saturated carbocycles. The molecule has 0 heterocycles. The summed E-state index contributed by atoms with van der Waals surface area (Å²) in [6.45, 7) is 5.52. The maximum Gasteiger partial charge on any atom is 0.309 e. The molecule has 1 aromatic carbocycles. The van der Waals surface area contributed by atoms with Crippen molar-refractivity contribution in [2.75, 3.05) is 6.54 Å². The van der Waals surface area contributed by atoms with Crippen LogP contribution in [0.15, 0.2) is 24.3 Å². The fourth-order valence-corrected chi connectivity index (χ4v) is 1.78. The van der Waals surface area contributed by atoms with Crippen molar-refractivity contribution >= 4 is 5.97 Å². The molecule has 1 fully saturated rings. The molecule has 1 aliphatic carbocycles. The molecular weight excluding hydrogens is 226 g/mol. The van der Waals surface area contributed by atoms with Crippen molar-refractivity contribution in [3.8, 4) is 0 Å². The quantitative estimate of drug-likeness (QED) is 0.785. The summed E-state index contributed by atoms with van der Waals surface area (Å²) in [5.41, 5.74) is 2.52. The van der Waals surface area contributed by atoms with E-state index >= 15 is 0 Å². The van der Waals surface area contributed by atoms with E-state index in [2.05, 4.69) is 36.5 Å². The van der Waals surface area contributed by atoms with E-state index in [1.54, 1.807) is 0 Å². The average molecular weight is 247 g/mol. The molecule has 0 saturated heterocycles. The summed E-state index contributed by atoms with van der Waals surface area (Å²) in [5, 5.41) is 3.31. The number of aryl methyl sites for hydroxylation is 1. The van der Waals surface area contributed by atoms with E-state index in [0.717, 1.165) is 19.4 Å². The van der Waals surface area contributed by atoms with Crippen LogP contribution in [0.2, 0.25) is 0 Å². The Kier molecular flexibility index (Phi) is 4.37. The number of carbonyl (C=O) groups is 1. The summed E-state index contributed by atoms with van der Waals surface area (Å²) in [6, 6.07) is 8.44. The Morgan fingerprint density at radius 2 is 2.06 bits per heavy atom. The zero-order valence-electron chi connectivity index (χ0n) is 11.1. The van der Waals surface area contributed by atoms with E-state index in [1.807, 2.05) is 6.92 Å². The zero-order valence-corrected chi connectivity index (χ0v) is 11.1. The largest absolute Gasteiger partial charge is 0.461 e. The van der Waals surface area contributed by atoms with Gasteiger partial charge in [0.25, 0.3) is 0 Å². The number of hydrogen-bond donors (Lipinski definition) is 1. The van der Waals surface area contributed by atoms with Gasteiger partial charge in [-0.25, -0.2) is 0 Å². The van der Waals surface area contributed by atoms with Crippen LogP contribution in [0.1, 0.15) is 30.9 Å². The first-order valence-corrected chi connectivity index (χ1v) is 6.62. The summed E-state index contributed by atoms with van der Waals surface area (Å²) >= 11 is 0. The highest BCUT2D eigenvalue weighted by molar-refractivity contribution is 5.75. The lowest BCUT2D eigenvalue weighted by molar-refractivity contribution is -0.149. The highest BCUT2D eigenvalue weighted by Crippen LogP contribution is 2.30. The van der Waals surface area contributed by atoms with Gasteiger partial charge in [-0.15, -0.1) is 0 Å². The second kappa shape index (κ2) is 6.01. The van der Waals surface area contributed by atoms with Gasteiger partial charge >= 0.3 is 5.97 Å². The number of carbonyl (C=O) groups excluding carboxylic acids is 1. The molecule has 1 atom stereocenters. The Balaban J connectivity index is 1.64. The van der Waals surface area contributed by atoms with Gasteiger partial charge in [-0.2, -0.15) is 0 Å². The van der Waals surface area contributed by atoms with E-state index in [9.17, 15) is 4.79 Å². The van der Waals surface area contributed by atoms with Crippen molar-refractivity contribution in [2.45, 2.75) is 39.3 Å². The molecule has 98 valence electrons.